The van der Waals surface area contributed by atoms with E-state index in [1.807, 2.05) is 22.1 Å². The van der Waals surface area contributed by atoms with Gasteiger partial charge in [-0.15, -0.1) is 11.3 Å². The Bertz CT molecular complexity index is 928. The van der Waals surface area contributed by atoms with Crippen molar-refractivity contribution >= 4 is 40.3 Å². The number of carbonyl (C=O) groups is 3. The van der Waals surface area contributed by atoms with Crippen LogP contribution in [0.1, 0.15) is 18.2 Å². The highest BCUT2D eigenvalue weighted by Gasteiger charge is 2.31. The van der Waals surface area contributed by atoms with Crippen molar-refractivity contribution in [2.45, 2.75) is 19.5 Å². The van der Waals surface area contributed by atoms with E-state index >= 15 is 0 Å². The number of rotatable bonds is 6. The van der Waals surface area contributed by atoms with Gasteiger partial charge in [-0.2, -0.15) is 13.2 Å². The van der Waals surface area contributed by atoms with E-state index in [-0.39, 0.29) is 18.7 Å². The average molecular weight is 472 g/mol. The molecule has 2 heterocycles. The summed E-state index contributed by atoms with van der Waals surface area (Å²) in [5, 5.41) is 12.7. The van der Waals surface area contributed by atoms with Gasteiger partial charge in [0.1, 0.15) is 0 Å². The van der Waals surface area contributed by atoms with Gasteiger partial charge in [0.15, 0.2) is 5.13 Å². The van der Waals surface area contributed by atoms with Gasteiger partial charge in [0.25, 0.3) is 0 Å². The largest absolute Gasteiger partial charge is 0.476 e. The van der Waals surface area contributed by atoms with Crippen molar-refractivity contribution in [3.8, 4) is 0 Å². The van der Waals surface area contributed by atoms with E-state index in [0.29, 0.717) is 37.0 Å². The summed E-state index contributed by atoms with van der Waals surface area (Å²) in [7, 11) is 0. The van der Waals surface area contributed by atoms with Gasteiger partial charge in [-0.25, -0.2) is 9.78 Å². The molecular formula is C20H23F3N4O4S. The molecule has 1 amide bonds. The Hall–Kier alpha value is -2.99. The number of aryl methyl sites for hydroxylation is 1. The topological polar surface area (TPSA) is 103 Å². The summed E-state index contributed by atoms with van der Waals surface area (Å²) in [6.45, 7) is 4.63. The number of aldehydes is 1. The maximum absolute atomic E-state index is 12.9. The lowest BCUT2D eigenvalue weighted by atomic mass is 10.1. The van der Waals surface area contributed by atoms with Gasteiger partial charge in [-0.3, -0.25) is 14.5 Å². The van der Waals surface area contributed by atoms with Gasteiger partial charge < -0.3 is 15.3 Å². The minimum absolute atomic E-state index is 0.125. The van der Waals surface area contributed by atoms with Gasteiger partial charge in [-0.05, 0) is 24.6 Å². The van der Waals surface area contributed by atoms with Crippen molar-refractivity contribution in [1.82, 2.24) is 9.88 Å². The van der Waals surface area contributed by atoms with Crippen LogP contribution in [0.2, 0.25) is 0 Å². The summed E-state index contributed by atoms with van der Waals surface area (Å²) in [5.74, 6) is -1.55. The predicted octanol–water partition coefficient (Wildman–Crippen LogP) is 2.75. The number of carbonyl (C=O) groups excluding carboxylic acids is 2. The van der Waals surface area contributed by atoms with E-state index in [2.05, 4.69) is 10.3 Å². The monoisotopic (exact) mass is 472 g/mol. The molecule has 2 N–H and O–H groups in total. The lowest BCUT2D eigenvalue weighted by molar-refractivity contribution is -0.143. The van der Waals surface area contributed by atoms with Gasteiger partial charge >= 0.3 is 12.1 Å². The zero-order chi connectivity index (χ0) is 23.7. The lowest BCUT2D eigenvalue weighted by Gasteiger charge is -2.35. The number of hydrogen-bond acceptors (Lipinski definition) is 7. The number of nitrogens with one attached hydrogen (secondary N) is 1. The highest BCUT2D eigenvalue weighted by Crippen LogP contribution is 2.31. The van der Waals surface area contributed by atoms with Gasteiger partial charge in [0.05, 0.1) is 17.8 Å². The van der Waals surface area contributed by atoms with Crippen LogP contribution in [0.3, 0.4) is 0 Å². The Morgan fingerprint density at radius 1 is 1.25 bits per heavy atom. The number of thiazole rings is 1. The van der Waals surface area contributed by atoms with Crippen molar-refractivity contribution in [3.05, 3.63) is 40.9 Å². The number of benzene rings is 1. The van der Waals surface area contributed by atoms with Crippen LogP contribution in [0.4, 0.5) is 24.0 Å². The van der Waals surface area contributed by atoms with Crippen LogP contribution in [0.5, 0.6) is 0 Å². The minimum Gasteiger partial charge on any atom is -0.476 e. The first-order valence-electron chi connectivity index (χ1n) is 9.69. The number of piperazine rings is 1. The second-order valence-corrected chi connectivity index (χ2v) is 7.67. The summed E-state index contributed by atoms with van der Waals surface area (Å²) in [6.07, 6.45) is -3.69. The maximum atomic E-state index is 12.9. The Kier molecular flexibility index (Phi) is 9.14. The first kappa shape index (κ1) is 25.3. The molecule has 12 heteroatoms. The molecule has 0 radical (unpaired) electrons. The highest BCUT2D eigenvalue weighted by atomic mass is 32.1. The molecule has 8 nitrogen and oxygen atoms in total. The molecule has 1 aromatic carbocycles. The SMILES string of the molecule is CCc1csc(NC(=O)CN2CCN(c3cccc(C(F)(F)F)c3)CC2)n1.O=CC(=O)O. The molecule has 0 saturated carbocycles. The van der Waals surface area contributed by atoms with Gasteiger partial charge in [0, 0.05) is 37.2 Å². The van der Waals surface area contributed by atoms with E-state index in [4.69, 9.17) is 14.7 Å². The third kappa shape index (κ3) is 7.93. The highest BCUT2D eigenvalue weighted by molar-refractivity contribution is 7.13. The van der Waals surface area contributed by atoms with Crippen molar-refractivity contribution in [2.75, 3.05) is 42.9 Å². The molecule has 0 unspecified atom stereocenters. The van der Waals surface area contributed by atoms with Crippen molar-refractivity contribution < 1.29 is 32.7 Å². The summed E-state index contributed by atoms with van der Waals surface area (Å²) >= 11 is 1.40. The lowest BCUT2D eigenvalue weighted by Crippen LogP contribution is -2.48. The summed E-state index contributed by atoms with van der Waals surface area (Å²) < 4.78 is 38.6. The summed E-state index contributed by atoms with van der Waals surface area (Å²) in [5.41, 5.74) is 0.866. The van der Waals surface area contributed by atoms with Crippen LogP contribution in [-0.4, -0.2) is 65.9 Å². The van der Waals surface area contributed by atoms with Crippen LogP contribution >= 0.6 is 11.3 Å². The average Bonchev–Trinajstić information content (AvgIpc) is 3.21. The van der Waals surface area contributed by atoms with E-state index < -0.39 is 17.7 Å². The molecule has 0 spiro atoms. The molecule has 2 aromatic rings. The normalized spacial score (nSPS) is 14.3. The van der Waals surface area contributed by atoms with Crippen molar-refractivity contribution in [2.24, 2.45) is 0 Å². The second kappa shape index (κ2) is 11.6. The zero-order valence-electron chi connectivity index (χ0n) is 17.3. The third-order valence-electron chi connectivity index (χ3n) is 4.54. The second-order valence-electron chi connectivity index (χ2n) is 6.81. The molecule has 1 fully saturated rings. The van der Waals surface area contributed by atoms with Crippen molar-refractivity contribution in [1.29, 1.82) is 0 Å². The van der Waals surface area contributed by atoms with Crippen LogP contribution in [-0.2, 0) is 27.0 Å². The number of hydrogen-bond donors (Lipinski definition) is 2. The number of carboxylic acid groups (broad SMARTS) is 1. The predicted molar refractivity (Wildman–Crippen MR) is 114 cm³/mol. The quantitative estimate of drug-likeness (QED) is 0.492. The fourth-order valence-corrected chi connectivity index (χ4v) is 3.74. The molecule has 32 heavy (non-hydrogen) atoms. The van der Waals surface area contributed by atoms with E-state index in [0.717, 1.165) is 18.2 Å². The Morgan fingerprint density at radius 2 is 1.91 bits per heavy atom. The number of halogens is 3. The standard InChI is InChI=1S/C18H21F3N4OS.C2H2O3/c1-2-14-12-27-17(22-14)23-16(26)11-24-6-8-25(9-7-24)15-5-3-4-13(10-15)18(19,20)21;3-1-2(4)5/h3-5,10,12H,2,6-9,11H2,1H3,(H,22,23,26);1H,(H,4,5). The number of nitrogens with zero attached hydrogens (tertiary/aromatic N) is 3. The fourth-order valence-electron chi connectivity index (χ4n) is 2.93. The van der Waals surface area contributed by atoms with Crippen LogP contribution < -0.4 is 10.2 Å². The smallest absolute Gasteiger partial charge is 0.416 e. The molecule has 1 aliphatic heterocycles. The molecule has 1 saturated heterocycles. The third-order valence-corrected chi connectivity index (χ3v) is 5.35. The van der Waals surface area contributed by atoms with Gasteiger partial charge in [-0.1, -0.05) is 13.0 Å². The first-order valence-corrected chi connectivity index (χ1v) is 10.6. The van der Waals surface area contributed by atoms with E-state index in [9.17, 15) is 18.0 Å². The fraction of sp³-hybridized carbons (Fsp3) is 0.400. The Balaban J connectivity index is 0.000000654. The van der Waals surface area contributed by atoms with E-state index in [1.54, 1.807) is 6.07 Å². The molecule has 0 atom stereocenters. The molecule has 0 bridgehead atoms. The molecule has 1 aliphatic rings. The number of carboxylic acids is 1. The Morgan fingerprint density at radius 3 is 2.44 bits per heavy atom. The first-order chi connectivity index (χ1) is 15.1. The molecule has 3 rings (SSSR count). The number of amides is 1. The number of aliphatic carboxylic acids is 1. The Labute approximate surface area is 186 Å². The molecule has 0 aliphatic carbocycles. The molecule has 1 aromatic heterocycles. The van der Waals surface area contributed by atoms with Crippen LogP contribution in [0, 0.1) is 0 Å². The van der Waals surface area contributed by atoms with Gasteiger partial charge in [0.2, 0.25) is 12.2 Å². The van der Waals surface area contributed by atoms with Crippen LogP contribution in [0.25, 0.3) is 0 Å². The maximum Gasteiger partial charge on any atom is 0.416 e. The molecule has 174 valence electrons. The summed E-state index contributed by atoms with van der Waals surface area (Å²) in [4.78, 5) is 38.3. The van der Waals surface area contributed by atoms with E-state index in [1.165, 1.54) is 23.5 Å². The zero-order valence-corrected chi connectivity index (χ0v) is 18.1. The summed E-state index contributed by atoms with van der Waals surface area (Å²) in [6, 6.07) is 5.37. The van der Waals surface area contributed by atoms with Crippen molar-refractivity contribution in [3.63, 3.8) is 0 Å². The molecular weight excluding hydrogens is 449 g/mol. The van der Waals surface area contributed by atoms with Crippen LogP contribution in [0.15, 0.2) is 29.6 Å². The number of anilines is 2. The number of aromatic nitrogens is 1. The minimum atomic E-state index is -4.34. The number of alkyl halides is 3.